The molecule has 1 aromatic heterocycles. The molecule has 126 valence electrons. The van der Waals surface area contributed by atoms with Gasteiger partial charge in [-0.15, -0.1) is 0 Å². The lowest BCUT2D eigenvalue weighted by Gasteiger charge is -2.30. The standard InChI is InChI=1S/C19H16ClN3O2/c1-11-16(18(24)25-2)17(12-6-5-7-13(20)10-12)23-15-9-4-3-8-14(15)22-19(23)21-11/h3-10,17H,1-2H3,(H,21,22). The number of hydrogen-bond acceptors (Lipinski definition) is 4. The first-order valence-corrected chi connectivity index (χ1v) is 8.26. The summed E-state index contributed by atoms with van der Waals surface area (Å²) in [6.45, 7) is 1.85. The van der Waals surface area contributed by atoms with Crippen molar-refractivity contribution in [3.05, 3.63) is 70.4 Å². The summed E-state index contributed by atoms with van der Waals surface area (Å²) in [6, 6.07) is 15.0. The van der Waals surface area contributed by atoms with E-state index >= 15 is 0 Å². The minimum Gasteiger partial charge on any atom is -0.466 e. The minimum atomic E-state index is -0.376. The number of imidazole rings is 1. The SMILES string of the molecule is COC(=O)C1=C(C)Nc2nc3ccccc3n2C1c1cccc(Cl)c1. The molecule has 4 rings (SSSR count). The Morgan fingerprint density at radius 2 is 2.04 bits per heavy atom. The van der Waals surface area contributed by atoms with Crippen LogP contribution in [0, 0.1) is 0 Å². The number of esters is 1. The Kier molecular flexibility index (Phi) is 3.73. The number of anilines is 1. The van der Waals surface area contributed by atoms with Gasteiger partial charge in [0.05, 0.1) is 29.8 Å². The van der Waals surface area contributed by atoms with E-state index in [1.807, 2.05) is 60.0 Å². The number of halogens is 1. The Labute approximate surface area is 149 Å². The highest BCUT2D eigenvalue weighted by molar-refractivity contribution is 6.30. The van der Waals surface area contributed by atoms with Crippen molar-refractivity contribution in [1.29, 1.82) is 0 Å². The van der Waals surface area contributed by atoms with Crippen LogP contribution in [0.2, 0.25) is 5.02 Å². The van der Waals surface area contributed by atoms with Crippen LogP contribution in [-0.2, 0) is 9.53 Å². The monoisotopic (exact) mass is 353 g/mol. The highest BCUT2D eigenvalue weighted by Gasteiger charge is 2.34. The first kappa shape index (κ1) is 15.7. The maximum absolute atomic E-state index is 12.5. The molecule has 0 fully saturated rings. The zero-order valence-corrected chi connectivity index (χ0v) is 14.5. The molecule has 0 saturated heterocycles. The molecule has 1 aliphatic rings. The third kappa shape index (κ3) is 2.48. The van der Waals surface area contributed by atoms with Gasteiger partial charge in [0.2, 0.25) is 5.95 Å². The van der Waals surface area contributed by atoms with Crippen molar-refractivity contribution in [2.24, 2.45) is 0 Å². The summed E-state index contributed by atoms with van der Waals surface area (Å²) in [4.78, 5) is 17.2. The maximum atomic E-state index is 12.5. The Bertz CT molecular complexity index is 1020. The molecule has 2 heterocycles. The number of rotatable bonds is 2. The summed E-state index contributed by atoms with van der Waals surface area (Å²) in [6.07, 6.45) is 0. The number of carbonyl (C=O) groups excluding carboxylic acids is 1. The second-order valence-corrected chi connectivity index (χ2v) is 6.34. The van der Waals surface area contributed by atoms with Crippen molar-refractivity contribution in [1.82, 2.24) is 9.55 Å². The second kappa shape index (κ2) is 5.93. The second-order valence-electron chi connectivity index (χ2n) is 5.91. The van der Waals surface area contributed by atoms with Gasteiger partial charge in [-0.1, -0.05) is 35.9 Å². The fourth-order valence-electron chi connectivity index (χ4n) is 3.33. The van der Waals surface area contributed by atoms with Crippen molar-refractivity contribution in [2.45, 2.75) is 13.0 Å². The molecule has 25 heavy (non-hydrogen) atoms. The number of methoxy groups -OCH3 is 1. The first-order valence-electron chi connectivity index (χ1n) is 7.88. The molecule has 0 saturated carbocycles. The number of hydrogen-bond donors (Lipinski definition) is 1. The van der Waals surface area contributed by atoms with Gasteiger partial charge in [-0.3, -0.25) is 4.57 Å². The molecule has 0 aliphatic carbocycles. The lowest BCUT2D eigenvalue weighted by atomic mass is 9.95. The zero-order chi connectivity index (χ0) is 17.6. The van der Waals surface area contributed by atoms with Crippen LogP contribution in [0.4, 0.5) is 5.95 Å². The van der Waals surface area contributed by atoms with Gasteiger partial charge >= 0.3 is 5.97 Å². The molecule has 0 bridgehead atoms. The molecular formula is C19H16ClN3O2. The van der Waals surface area contributed by atoms with Gasteiger partial charge < -0.3 is 10.1 Å². The highest BCUT2D eigenvalue weighted by Crippen LogP contribution is 2.39. The molecular weight excluding hydrogens is 338 g/mol. The van der Waals surface area contributed by atoms with Gasteiger partial charge in [0.1, 0.15) is 0 Å². The van der Waals surface area contributed by atoms with Crippen LogP contribution in [0.1, 0.15) is 18.5 Å². The van der Waals surface area contributed by atoms with E-state index < -0.39 is 0 Å². The Morgan fingerprint density at radius 3 is 2.80 bits per heavy atom. The Hall–Kier alpha value is -2.79. The molecule has 1 atom stereocenters. The number of nitrogens with one attached hydrogen (secondary N) is 1. The van der Waals surface area contributed by atoms with E-state index in [0.29, 0.717) is 16.5 Å². The molecule has 0 spiro atoms. The fraction of sp³-hybridized carbons (Fsp3) is 0.158. The largest absolute Gasteiger partial charge is 0.466 e. The highest BCUT2D eigenvalue weighted by atomic mass is 35.5. The molecule has 1 N–H and O–H groups in total. The van der Waals surface area contributed by atoms with Crippen LogP contribution >= 0.6 is 11.6 Å². The number of ether oxygens (including phenoxy) is 1. The van der Waals surface area contributed by atoms with Crippen molar-refractivity contribution < 1.29 is 9.53 Å². The number of allylic oxidation sites excluding steroid dienone is 1. The van der Waals surface area contributed by atoms with Gasteiger partial charge in [-0.25, -0.2) is 9.78 Å². The van der Waals surface area contributed by atoms with Crippen LogP contribution in [0.5, 0.6) is 0 Å². The predicted octanol–water partition coefficient (Wildman–Crippen LogP) is 4.15. The molecule has 5 nitrogen and oxygen atoms in total. The number of fused-ring (bicyclic) bond motifs is 3. The fourth-order valence-corrected chi connectivity index (χ4v) is 3.53. The summed E-state index contributed by atoms with van der Waals surface area (Å²) < 4.78 is 7.06. The van der Waals surface area contributed by atoms with Crippen LogP contribution < -0.4 is 5.32 Å². The van der Waals surface area contributed by atoms with Gasteiger partial charge in [0.25, 0.3) is 0 Å². The average molecular weight is 354 g/mol. The molecule has 0 amide bonds. The summed E-state index contributed by atoms with van der Waals surface area (Å²) in [5, 5.41) is 3.84. The summed E-state index contributed by atoms with van der Waals surface area (Å²) in [5.41, 5.74) is 3.96. The van der Waals surface area contributed by atoms with Gasteiger partial charge in [0, 0.05) is 10.7 Å². The summed E-state index contributed by atoms with van der Waals surface area (Å²) in [5.74, 6) is 0.315. The Balaban J connectivity index is 2.03. The number of carbonyl (C=O) groups is 1. The van der Waals surface area contributed by atoms with Crippen LogP contribution in [0.15, 0.2) is 59.8 Å². The van der Waals surface area contributed by atoms with Crippen LogP contribution in [0.25, 0.3) is 11.0 Å². The number of benzene rings is 2. The minimum absolute atomic E-state index is 0.366. The smallest absolute Gasteiger partial charge is 0.337 e. The topological polar surface area (TPSA) is 56.1 Å². The van der Waals surface area contributed by atoms with Crippen LogP contribution in [0.3, 0.4) is 0 Å². The van der Waals surface area contributed by atoms with Gasteiger partial charge in [-0.05, 0) is 36.8 Å². The van der Waals surface area contributed by atoms with E-state index in [9.17, 15) is 4.79 Å². The van der Waals surface area contributed by atoms with Crippen molar-refractivity contribution >= 4 is 34.6 Å². The molecule has 0 radical (unpaired) electrons. The van der Waals surface area contributed by atoms with Crippen molar-refractivity contribution in [2.75, 3.05) is 12.4 Å². The van der Waals surface area contributed by atoms with Gasteiger partial charge in [-0.2, -0.15) is 0 Å². The van der Waals surface area contributed by atoms with Crippen LogP contribution in [-0.4, -0.2) is 22.6 Å². The van der Waals surface area contributed by atoms with E-state index in [0.717, 1.165) is 22.3 Å². The zero-order valence-electron chi connectivity index (χ0n) is 13.8. The number of aromatic nitrogens is 2. The first-order chi connectivity index (χ1) is 12.1. The van der Waals surface area contributed by atoms with Crippen molar-refractivity contribution in [3.8, 4) is 0 Å². The van der Waals surface area contributed by atoms with E-state index in [1.165, 1.54) is 7.11 Å². The van der Waals surface area contributed by atoms with E-state index in [4.69, 9.17) is 16.3 Å². The molecule has 1 aliphatic heterocycles. The third-order valence-corrected chi connectivity index (χ3v) is 4.64. The van der Waals surface area contributed by atoms with E-state index in [2.05, 4.69) is 10.3 Å². The Morgan fingerprint density at radius 1 is 1.24 bits per heavy atom. The lowest BCUT2D eigenvalue weighted by molar-refractivity contribution is -0.136. The maximum Gasteiger partial charge on any atom is 0.337 e. The average Bonchev–Trinajstić information content (AvgIpc) is 2.97. The van der Waals surface area contributed by atoms with E-state index in [1.54, 1.807) is 0 Å². The molecule has 2 aromatic carbocycles. The van der Waals surface area contributed by atoms with Crippen molar-refractivity contribution in [3.63, 3.8) is 0 Å². The third-order valence-electron chi connectivity index (χ3n) is 4.40. The molecule has 1 unspecified atom stereocenters. The number of nitrogens with zero attached hydrogens (tertiary/aromatic N) is 2. The lowest BCUT2D eigenvalue weighted by Crippen LogP contribution is -2.28. The molecule has 6 heteroatoms. The predicted molar refractivity (Wildman–Crippen MR) is 97.7 cm³/mol. The normalized spacial score (nSPS) is 16.5. The van der Waals surface area contributed by atoms with Gasteiger partial charge in [0.15, 0.2) is 0 Å². The molecule has 3 aromatic rings. The van der Waals surface area contributed by atoms with E-state index in [-0.39, 0.29) is 12.0 Å². The summed E-state index contributed by atoms with van der Waals surface area (Å²) in [7, 11) is 1.39. The number of para-hydroxylation sites is 2. The summed E-state index contributed by atoms with van der Waals surface area (Å²) >= 11 is 6.21. The quantitative estimate of drug-likeness (QED) is 0.703.